The monoisotopic (exact) mass is 225 g/mol. The minimum absolute atomic E-state index is 0.468. The van der Waals surface area contributed by atoms with Gasteiger partial charge in [-0.15, -0.1) is 0 Å². The Labute approximate surface area is 102 Å². The van der Waals surface area contributed by atoms with Gasteiger partial charge in [-0.2, -0.15) is 0 Å². The first-order chi connectivity index (χ1) is 7.27. The average molecular weight is 225 g/mol. The Morgan fingerprint density at radius 3 is 1.81 bits per heavy atom. The lowest BCUT2D eigenvalue weighted by atomic mass is 9.97. The fraction of sp³-hybridized carbons (Fsp3) is 1.00. The Balaban J connectivity index is 2.47. The van der Waals surface area contributed by atoms with Crippen molar-refractivity contribution >= 4 is 0 Å². The van der Waals surface area contributed by atoms with Crippen LogP contribution in [-0.2, 0) is 0 Å². The first-order valence-corrected chi connectivity index (χ1v) is 7.03. The van der Waals surface area contributed by atoms with E-state index in [4.69, 9.17) is 0 Å². The van der Waals surface area contributed by atoms with Crippen molar-refractivity contribution < 1.29 is 0 Å². The second-order valence-electron chi connectivity index (χ2n) is 6.90. The van der Waals surface area contributed by atoms with Crippen LogP contribution in [0.3, 0.4) is 0 Å². The lowest BCUT2D eigenvalue weighted by Crippen LogP contribution is -2.35. The molecule has 1 nitrogen and oxygen atoms in total. The molecule has 16 heavy (non-hydrogen) atoms. The first-order valence-electron chi connectivity index (χ1n) is 7.03. The molecule has 2 atom stereocenters. The fourth-order valence-electron chi connectivity index (χ4n) is 2.85. The van der Waals surface area contributed by atoms with E-state index in [1.165, 1.54) is 19.3 Å². The highest BCUT2D eigenvalue weighted by Crippen LogP contribution is 2.62. The maximum Gasteiger partial charge on any atom is 0.0183 e. The lowest BCUT2D eigenvalue weighted by Gasteiger charge is -2.21. The molecule has 0 bridgehead atoms. The largest absolute Gasteiger partial charge is 0.310 e. The molecule has 0 spiro atoms. The molecule has 96 valence electrons. The third-order valence-corrected chi connectivity index (χ3v) is 5.30. The van der Waals surface area contributed by atoms with E-state index < -0.39 is 0 Å². The van der Waals surface area contributed by atoms with E-state index in [0.29, 0.717) is 22.9 Å². The molecule has 0 heterocycles. The van der Waals surface area contributed by atoms with Gasteiger partial charge in [0.2, 0.25) is 0 Å². The molecule has 1 aliphatic carbocycles. The summed E-state index contributed by atoms with van der Waals surface area (Å²) in [5.74, 6) is 0.849. The molecule has 2 unspecified atom stereocenters. The van der Waals surface area contributed by atoms with Gasteiger partial charge in [-0.3, -0.25) is 0 Å². The topological polar surface area (TPSA) is 12.0 Å². The van der Waals surface area contributed by atoms with Crippen molar-refractivity contribution in [2.45, 2.75) is 79.8 Å². The van der Waals surface area contributed by atoms with Gasteiger partial charge in [0.05, 0.1) is 0 Å². The summed E-state index contributed by atoms with van der Waals surface area (Å²) in [5.41, 5.74) is 0.936. The van der Waals surface area contributed by atoms with E-state index in [-0.39, 0.29) is 0 Å². The summed E-state index contributed by atoms with van der Waals surface area (Å²) in [7, 11) is 0. The van der Waals surface area contributed by atoms with Gasteiger partial charge in [-0.1, -0.05) is 54.9 Å². The van der Waals surface area contributed by atoms with Crippen LogP contribution < -0.4 is 5.32 Å². The van der Waals surface area contributed by atoms with E-state index in [2.05, 4.69) is 53.8 Å². The average Bonchev–Trinajstić information content (AvgIpc) is 2.59. The molecule has 0 aliphatic heterocycles. The molecule has 0 saturated heterocycles. The van der Waals surface area contributed by atoms with Gasteiger partial charge in [0.15, 0.2) is 0 Å². The maximum absolute atomic E-state index is 3.89. The van der Waals surface area contributed by atoms with Gasteiger partial charge >= 0.3 is 0 Å². The Morgan fingerprint density at radius 1 is 1.00 bits per heavy atom. The zero-order valence-electron chi connectivity index (χ0n) is 12.4. The van der Waals surface area contributed by atoms with Crippen molar-refractivity contribution in [1.82, 2.24) is 5.32 Å². The normalized spacial score (nSPS) is 26.4. The van der Waals surface area contributed by atoms with Crippen molar-refractivity contribution in [3.8, 4) is 0 Å². The number of hydrogen-bond donors (Lipinski definition) is 1. The molecule has 0 aromatic heterocycles. The molecular formula is C15H31N. The Hall–Kier alpha value is -0.0400. The Kier molecular flexibility index (Phi) is 4.10. The predicted molar refractivity (Wildman–Crippen MR) is 72.6 cm³/mol. The minimum Gasteiger partial charge on any atom is -0.310 e. The van der Waals surface area contributed by atoms with Crippen molar-refractivity contribution in [1.29, 1.82) is 0 Å². The molecular weight excluding hydrogens is 194 g/mol. The maximum atomic E-state index is 3.89. The summed E-state index contributed by atoms with van der Waals surface area (Å²) in [6.45, 7) is 16.5. The number of rotatable bonds is 6. The van der Waals surface area contributed by atoms with Crippen molar-refractivity contribution in [3.63, 3.8) is 0 Å². The summed E-state index contributed by atoms with van der Waals surface area (Å²) >= 11 is 0. The SMILES string of the molecule is CCC(C)CC(CC)NC1C(C)(C)C1(C)C. The standard InChI is InChI=1S/C15H31N/c1-8-11(3)10-12(9-2)16-13-14(4,5)15(13,6)7/h11-13,16H,8-10H2,1-7H3. The van der Waals surface area contributed by atoms with Crippen molar-refractivity contribution in [2.24, 2.45) is 16.7 Å². The molecule has 0 aromatic rings. The molecule has 1 aliphatic rings. The highest BCUT2D eigenvalue weighted by molar-refractivity contribution is 5.18. The van der Waals surface area contributed by atoms with Crippen LogP contribution in [0.15, 0.2) is 0 Å². The molecule has 1 rings (SSSR count). The van der Waals surface area contributed by atoms with Crippen molar-refractivity contribution in [3.05, 3.63) is 0 Å². The molecule has 1 heteroatoms. The predicted octanol–water partition coefficient (Wildman–Crippen LogP) is 4.23. The van der Waals surface area contributed by atoms with E-state index >= 15 is 0 Å². The van der Waals surface area contributed by atoms with Crippen LogP contribution in [-0.4, -0.2) is 12.1 Å². The van der Waals surface area contributed by atoms with Gasteiger partial charge in [-0.25, -0.2) is 0 Å². The van der Waals surface area contributed by atoms with Gasteiger partial charge in [0.1, 0.15) is 0 Å². The van der Waals surface area contributed by atoms with Gasteiger partial charge in [0.25, 0.3) is 0 Å². The van der Waals surface area contributed by atoms with Crippen LogP contribution in [0.4, 0.5) is 0 Å². The molecule has 0 aromatic carbocycles. The minimum atomic E-state index is 0.468. The van der Waals surface area contributed by atoms with Crippen LogP contribution in [0, 0.1) is 16.7 Å². The molecule has 1 fully saturated rings. The summed E-state index contributed by atoms with van der Waals surface area (Å²) in [4.78, 5) is 0. The van der Waals surface area contributed by atoms with Crippen LogP contribution in [0.1, 0.15) is 67.7 Å². The zero-order chi connectivity index (χ0) is 12.6. The van der Waals surface area contributed by atoms with Crippen LogP contribution in [0.2, 0.25) is 0 Å². The van der Waals surface area contributed by atoms with Crippen molar-refractivity contribution in [2.75, 3.05) is 0 Å². The summed E-state index contributed by atoms with van der Waals surface area (Å²) in [6, 6.07) is 1.41. The van der Waals surface area contributed by atoms with E-state index in [0.717, 1.165) is 5.92 Å². The second-order valence-corrected chi connectivity index (χ2v) is 6.90. The van der Waals surface area contributed by atoms with E-state index in [1.807, 2.05) is 0 Å². The van der Waals surface area contributed by atoms with Crippen LogP contribution >= 0.6 is 0 Å². The molecule has 1 saturated carbocycles. The van der Waals surface area contributed by atoms with Gasteiger partial charge < -0.3 is 5.32 Å². The smallest absolute Gasteiger partial charge is 0.0183 e. The van der Waals surface area contributed by atoms with E-state index in [1.54, 1.807) is 0 Å². The Morgan fingerprint density at radius 2 is 1.50 bits per heavy atom. The number of hydrogen-bond acceptors (Lipinski definition) is 1. The van der Waals surface area contributed by atoms with Gasteiger partial charge in [0, 0.05) is 12.1 Å². The first kappa shape index (κ1) is 14.0. The van der Waals surface area contributed by atoms with Crippen LogP contribution in [0.5, 0.6) is 0 Å². The molecule has 0 radical (unpaired) electrons. The quantitative estimate of drug-likeness (QED) is 0.713. The lowest BCUT2D eigenvalue weighted by molar-refractivity contribution is 0.364. The number of nitrogens with one attached hydrogen (secondary N) is 1. The van der Waals surface area contributed by atoms with Crippen LogP contribution in [0.25, 0.3) is 0 Å². The Bertz CT molecular complexity index is 216. The summed E-state index contributed by atoms with van der Waals surface area (Å²) < 4.78 is 0. The summed E-state index contributed by atoms with van der Waals surface area (Å²) in [5, 5.41) is 3.89. The third-order valence-electron chi connectivity index (χ3n) is 5.30. The van der Waals surface area contributed by atoms with Gasteiger partial charge in [-0.05, 0) is 29.6 Å². The highest BCUT2D eigenvalue weighted by Gasteiger charge is 2.64. The molecule has 0 amide bonds. The van der Waals surface area contributed by atoms with E-state index in [9.17, 15) is 0 Å². The second kappa shape index (κ2) is 4.68. The zero-order valence-corrected chi connectivity index (χ0v) is 12.4. The summed E-state index contributed by atoms with van der Waals surface area (Å²) in [6.07, 6.45) is 3.89. The highest BCUT2D eigenvalue weighted by atomic mass is 15.1. The fourth-order valence-corrected chi connectivity index (χ4v) is 2.85. The third kappa shape index (κ3) is 2.45. The molecule has 1 N–H and O–H groups in total.